The summed E-state index contributed by atoms with van der Waals surface area (Å²) >= 11 is 0. The van der Waals surface area contributed by atoms with Crippen LogP contribution in [0.25, 0.3) is 0 Å². The second kappa shape index (κ2) is 9.34. The van der Waals surface area contributed by atoms with Crippen LogP contribution in [0.1, 0.15) is 67.7 Å². The Labute approximate surface area is 188 Å². The summed E-state index contributed by atoms with van der Waals surface area (Å²) in [5.74, 6) is -1.60. The van der Waals surface area contributed by atoms with E-state index in [2.05, 4.69) is 20.9 Å². The number of H-pyrrole nitrogens is 1. The van der Waals surface area contributed by atoms with Crippen LogP contribution >= 0.6 is 0 Å². The summed E-state index contributed by atoms with van der Waals surface area (Å²) < 4.78 is 4.87. The number of amides is 3. The van der Waals surface area contributed by atoms with E-state index in [0.29, 0.717) is 24.5 Å². The Morgan fingerprint density at radius 2 is 1.84 bits per heavy atom. The van der Waals surface area contributed by atoms with E-state index in [0.717, 1.165) is 24.1 Å². The number of rotatable bonds is 9. The van der Waals surface area contributed by atoms with Crippen LogP contribution < -0.4 is 16.0 Å². The fourth-order valence-electron chi connectivity index (χ4n) is 4.24. The van der Waals surface area contributed by atoms with Crippen molar-refractivity contribution in [2.45, 2.75) is 77.4 Å². The third kappa shape index (κ3) is 5.89. The lowest BCUT2D eigenvalue weighted by molar-refractivity contribution is -0.146. The Balaban J connectivity index is 1.69. The highest BCUT2D eigenvalue weighted by molar-refractivity contribution is 5.97. The predicted octanol–water partition coefficient (Wildman–Crippen LogP) is 1.49. The number of aryl methyl sites for hydroxylation is 2. The minimum atomic E-state index is -0.967. The number of aromatic amines is 1. The number of methoxy groups -OCH3 is 1. The van der Waals surface area contributed by atoms with Crippen LogP contribution in [0, 0.1) is 25.7 Å². The normalized spacial score (nSPS) is 21.4. The van der Waals surface area contributed by atoms with Gasteiger partial charge in [0.15, 0.2) is 0 Å². The van der Waals surface area contributed by atoms with Crippen molar-refractivity contribution in [2.24, 2.45) is 11.8 Å². The molecule has 9 nitrogen and oxygen atoms in total. The molecule has 1 aromatic rings. The molecule has 1 saturated heterocycles. The molecule has 2 aliphatic rings. The average molecular weight is 447 g/mol. The summed E-state index contributed by atoms with van der Waals surface area (Å²) in [6.07, 6.45) is 3.23. The lowest BCUT2D eigenvalue weighted by Gasteiger charge is -2.23. The summed E-state index contributed by atoms with van der Waals surface area (Å²) in [5.41, 5.74) is 1.88. The van der Waals surface area contributed by atoms with Crippen LogP contribution in [0.15, 0.2) is 6.07 Å². The van der Waals surface area contributed by atoms with Gasteiger partial charge in [-0.15, -0.1) is 0 Å². The molecule has 0 spiro atoms. The van der Waals surface area contributed by atoms with E-state index in [4.69, 9.17) is 4.74 Å². The molecule has 3 rings (SSSR count). The van der Waals surface area contributed by atoms with E-state index >= 15 is 0 Å². The molecule has 0 radical (unpaired) electrons. The molecule has 0 aromatic carbocycles. The molecule has 2 unspecified atom stereocenters. The predicted molar refractivity (Wildman–Crippen MR) is 118 cm³/mol. The van der Waals surface area contributed by atoms with Crippen molar-refractivity contribution in [1.29, 1.82) is 0 Å². The Kier molecular flexibility index (Phi) is 6.95. The first-order chi connectivity index (χ1) is 15.0. The summed E-state index contributed by atoms with van der Waals surface area (Å²) in [5, 5.41) is 8.44. The van der Waals surface area contributed by atoms with E-state index in [1.54, 1.807) is 6.07 Å². The number of ether oxygens (including phenoxy) is 1. The molecular weight excluding hydrogens is 412 g/mol. The Hall–Kier alpha value is -2.84. The van der Waals surface area contributed by atoms with Gasteiger partial charge < -0.3 is 25.7 Å². The highest BCUT2D eigenvalue weighted by Gasteiger charge is 2.41. The minimum Gasteiger partial charge on any atom is -0.467 e. The van der Waals surface area contributed by atoms with Gasteiger partial charge in [0.1, 0.15) is 17.8 Å². The molecule has 32 heavy (non-hydrogen) atoms. The summed E-state index contributed by atoms with van der Waals surface area (Å²) in [6, 6.07) is -0.000265. The van der Waals surface area contributed by atoms with E-state index in [-0.39, 0.29) is 23.8 Å². The number of esters is 1. The fourth-order valence-corrected chi connectivity index (χ4v) is 4.24. The molecule has 176 valence electrons. The number of carbonyl (C=O) groups excluding carboxylic acids is 4. The summed E-state index contributed by atoms with van der Waals surface area (Å²) in [6.45, 7) is 7.62. The number of nitrogens with one attached hydrogen (secondary N) is 4. The average Bonchev–Trinajstić information content (AvgIpc) is 3.41. The third-order valence-corrected chi connectivity index (χ3v) is 6.32. The summed E-state index contributed by atoms with van der Waals surface area (Å²) in [4.78, 5) is 53.6. The van der Waals surface area contributed by atoms with E-state index in [1.165, 1.54) is 7.11 Å². The SMILES string of the molecule is COC(=O)C(C[C@@H]1CC(C)(C)NC1=O)NC(=O)C(CC1CC1)NC(=O)c1cc(C)c(C)[nH]1. The number of aromatic nitrogens is 1. The first kappa shape index (κ1) is 23.8. The fraction of sp³-hybridized carbons (Fsp3) is 0.652. The number of hydrogen-bond donors (Lipinski definition) is 4. The maximum atomic E-state index is 13.1. The molecule has 1 aliphatic heterocycles. The van der Waals surface area contributed by atoms with Gasteiger partial charge in [-0.2, -0.15) is 0 Å². The highest BCUT2D eigenvalue weighted by Crippen LogP contribution is 2.34. The topological polar surface area (TPSA) is 129 Å². The molecule has 9 heteroatoms. The van der Waals surface area contributed by atoms with Crippen molar-refractivity contribution < 1.29 is 23.9 Å². The number of hydrogen-bond acceptors (Lipinski definition) is 5. The molecule has 2 fully saturated rings. The molecule has 3 atom stereocenters. The monoisotopic (exact) mass is 446 g/mol. The second-order valence-corrected chi connectivity index (χ2v) is 9.79. The van der Waals surface area contributed by atoms with Gasteiger partial charge in [0.2, 0.25) is 11.8 Å². The van der Waals surface area contributed by atoms with Gasteiger partial charge in [-0.25, -0.2) is 4.79 Å². The van der Waals surface area contributed by atoms with Gasteiger partial charge in [0.25, 0.3) is 5.91 Å². The van der Waals surface area contributed by atoms with Crippen LogP contribution in [0.2, 0.25) is 0 Å². The minimum absolute atomic E-state index is 0.140. The van der Waals surface area contributed by atoms with Crippen molar-refractivity contribution in [3.63, 3.8) is 0 Å². The third-order valence-electron chi connectivity index (χ3n) is 6.32. The van der Waals surface area contributed by atoms with Gasteiger partial charge in [0, 0.05) is 17.2 Å². The maximum absolute atomic E-state index is 13.1. The van der Waals surface area contributed by atoms with Gasteiger partial charge in [-0.3, -0.25) is 14.4 Å². The van der Waals surface area contributed by atoms with Crippen LogP contribution in [-0.2, 0) is 19.1 Å². The lowest BCUT2D eigenvalue weighted by Crippen LogP contribution is -2.52. The molecule has 3 amide bonds. The molecule has 1 aromatic heterocycles. The van der Waals surface area contributed by atoms with Crippen LogP contribution in [0.4, 0.5) is 0 Å². The highest BCUT2D eigenvalue weighted by atomic mass is 16.5. The lowest BCUT2D eigenvalue weighted by atomic mass is 9.91. The Bertz CT molecular complexity index is 883. The van der Waals surface area contributed by atoms with Crippen LogP contribution in [-0.4, -0.2) is 53.4 Å². The maximum Gasteiger partial charge on any atom is 0.328 e. The first-order valence-electron chi connectivity index (χ1n) is 11.2. The molecule has 1 aliphatic carbocycles. The largest absolute Gasteiger partial charge is 0.467 e. The van der Waals surface area contributed by atoms with Crippen molar-refractivity contribution in [3.8, 4) is 0 Å². The molecule has 1 saturated carbocycles. The van der Waals surface area contributed by atoms with Gasteiger partial charge >= 0.3 is 5.97 Å². The smallest absolute Gasteiger partial charge is 0.328 e. The molecular formula is C23H34N4O5. The van der Waals surface area contributed by atoms with E-state index in [1.807, 2.05) is 27.7 Å². The molecule has 4 N–H and O–H groups in total. The second-order valence-electron chi connectivity index (χ2n) is 9.79. The Morgan fingerprint density at radius 1 is 1.16 bits per heavy atom. The van der Waals surface area contributed by atoms with E-state index < -0.39 is 29.9 Å². The van der Waals surface area contributed by atoms with E-state index in [9.17, 15) is 19.2 Å². The quantitative estimate of drug-likeness (QED) is 0.427. The number of carbonyl (C=O) groups is 4. The summed E-state index contributed by atoms with van der Waals surface area (Å²) in [7, 11) is 1.25. The Morgan fingerprint density at radius 3 is 2.34 bits per heavy atom. The molecule has 2 heterocycles. The van der Waals surface area contributed by atoms with Crippen molar-refractivity contribution in [2.75, 3.05) is 7.11 Å². The van der Waals surface area contributed by atoms with Crippen molar-refractivity contribution in [1.82, 2.24) is 20.9 Å². The zero-order chi connectivity index (χ0) is 23.6. The standard InChI is InChI=1S/C23H34N4O5/c1-12-8-16(24-13(12)2)20(29)25-17(9-14-6-7-14)21(30)26-18(22(31)32-5)10-15-11-23(3,4)27-19(15)28/h8,14-15,17-18,24H,6-7,9-11H2,1-5H3,(H,25,29)(H,26,30)(H,27,28)/t15-,17?,18?/m1/s1. The van der Waals surface area contributed by atoms with Crippen LogP contribution in [0.3, 0.4) is 0 Å². The van der Waals surface area contributed by atoms with Crippen LogP contribution in [0.5, 0.6) is 0 Å². The first-order valence-corrected chi connectivity index (χ1v) is 11.2. The zero-order valence-corrected chi connectivity index (χ0v) is 19.5. The van der Waals surface area contributed by atoms with Crippen molar-refractivity contribution >= 4 is 23.7 Å². The van der Waals surface area contributed by atoms with Gasteiger partial charge in [-0.05, 0) is 64.5 Å². The van der Waals surface area contributed by atoms with Gasteiger partial charge in [-0.1, -0.05) is 12.8 Å². The zero-order valence-electron chi connectivity index (χ0n) is 19.5. The van der Waals surface area contributed by atoms with Gasteiger partial charge in [0.05, 0.1) is 7.11 Å². The molecule has 0 bridgehead atoms. The van der Waals surface area contributed by atoms with Crippen molar-refractivity contribution in [3.05, 3.63) is 23.0 Å².